The molecule has 4 N–H and O–H groups in total. The van der Waals surface area contributed by atoms with Gasteiger partial charge in [-0.05, 0) is 55.6 Å². The molecule has 0 unspecified atom stereocenters. The highest BCUT2D eigenvalue weighted by Gasteiger charge is 2.35. The molecule has 1 aromatic heterocycles. The van der Waals surface area contributed by atoms with Crippen LogP contribution in [0.1, 0.15) is 23.4 Å². The molecule has 0 fully saturated rings. The molecular formula is C21H23ClF3N5O2. The van der Waals surface area contributed by atoms with E-state index in [1.54, 1.807) is 18.2 Å². The number of hydrazine groups is 1. The maximum absolute atomic E-state index is 12.4. The molecule has 1 amide bonds. The predicted molar refractivity (Wildman–Crippen MR) is 118 cm³/mol. The summed E-state index contributed by atoms with van der Waals surface area (Å²) in [6, 6.07) is 12.4. The van der Waals surface area contributed by atoms with Gasteiger partial charge in [-0.25, -0.2) is 15.8 Å². The van der Waals surface area contributed by atoms with Crippen molar-refractivity contribution in [3.63, 3.8) is 0 Å². The van der Waals surface area contributed by atoms with E-state index in [4.69, 9.17) is 22.2 Å². The molecule has 0 spiro atoms. The topological polar surface area (TPSA) is 102 Å². The van der Waals surface area contributed by atoms with Gasteiger partial charge in [-0.3, -0.25) is 4.79 Å². The average Bonchev–Trinajstić information content (AvgIpc) is 2.73. The Balaban J connectivity index is 0.000000227. The van der Waals surface area contributed by atoms with E-state index in [1.165, 1.54) is 11.6 Å². The molecule has 0 saturated carbocycles. The van der Waals surface area contributed by atoms with Gasteiger partial charge in [0.15, 0.2) is 5.82 Å². The van der Waals surface area contributed by atoms with Crippen molar-refractivity contribution in [1.82, 2.24) is 15.3 Å². The Morgan fingerprint density at radius 3 is 2.50 bits per heavy atom. The van der Waals surface area contributed by atoms with Gasteiger partial charge in [0.2, 0.25) is 5.82 Å². The molecule has 0 aliphatic carbocycles. The van der Waals surface area contributed by atoms with Crippen LogP contribution in [0.3, 0.4) is 0 Å². The van der Waals surface area contributed by atoms with Crippen molar-refractivity contribution < 1.29 is 22.7 Å². The number of hydrogen-bond acceptors (Lipinski definition) is 6. The number of alkyl halides is 3. The number of fused-ring (bicyclic) bond motifs is 1. The lowest BCUT2D eigenvalue weighted by atomic mass is 10.1. The van der Waals surface area contributed by atoms with E-state index >= 15 is 0 Å². The Morgan fingerprint density at radius 2 is 1.88 bits per heavy atom. The molecule has 11 heteroatoms. The van der Waals surface area contributed by atoms with Gasteiger partial charge in [-0.2, -0.15) is 13.2 Å². The highest BCUT2D eigenvalue weighted by Crippen LogP contribution is 2.29. The molecule has 3 rings (SSSR count). The van der Waals surface area contributed by atoms with Gasteiger partial charge in [-0.1, -0.05) is 29.8 Å². The van der Waals surface area contributed by atoms with Crippen LogP contribution in [0.4, 0.5) is 23.8 Å². The van der Waals surface area contributed by atoms with Crippen LogP contribution >= 0.6 is 11.6 Å². The molecule has 32 heavy (non-hydrogen) atoms. The maximum Gasteiger partial charge on any atom is 0.451 e. The Hall–Kier alpha value is -3.11. The number of nitrogens with two attached hydrogens (primary N) is 1. The molecule has 2 aromatic carbocycles. The number of nitrogen functional groups attached to an aromatic ring is 1. The minimum atomic E-state index is -4.59. The van der Waals surface area contributed by atoms with Gasteiger partial charge in [0.1, 0.15) is 5.75 Å². The van der Waals surface area contributed by atoms with E-state index in [-0.39, 0.29) is 11.3 Å². The molecule has 1 heterocycles. The zero-order valence-corrected chi connectivity index (χ0v) is 18.2. The average molecular weight is 470 g/mol. The quantitative estimate of drug-likeness (QED) is 0.155. The molecule has 0 radical (unpaired) electrons. The van der Waals surface area contributed by atoms with E-state index in [0.29, 0.717) is 18.5 Å². The van der Waals surface area contributed by atoms with Crippen molar-refractivity contribution in [1.29, 1.82) is 0 Å². The van der Waals surface area contributed by atoms with Crippen molar-refractivity contribution in [2.24, 2.45) is 5.84 Å². The van der Waals surface area contributed by atoms with Crippen molar-refractivity contribution in [3.05, 3.63) is 59.4 Å². The summed E-state index contributed by atoms with van der Waals surface area (Å²) in [4.78, 5) is 17.1. The van der Waals surface area contributed by atoms with Crippen LogP contribution in [0.15, 0.2) is 42.5 Å². The monoisotopic (exact) mass is 469 g/mol. The van der Waals surface area contributed by atoms with Gasteiger partial charge < -0.3 is 15.5 Å². The van der Waals surface area contributed by atoms with Crippen LogP contribution in [-0.4, -0.2) is 28.5 Å². The highest BCUT2D eigenvalue weighted by molar-refractivity contribution is 6.62. The number of hydrogen-bond donors (Lipinski definition) is 3. The van der Waals surface area contributed by atoms with E-state index in [0.717, 1.165) is 17.7 Å². The van der Waals surface area contributed by atoms with Crippen LogP contribution in [0.25, 0.3) is 10.9 Å². The van der Waals surface area contributed by atoms with Crippen molar-refractivity contribution in [2.75, 3.05) is 18.6 Å². The van der Waals surface area contributed by atoms with E-state index in [2.05, 4.69) is 26.8 Å². The first kappa shape index (κ1) is 25.2. The highest BCUT2D eigenvalue weighted by atomic mass is 35.5. The molecule has 0 aliphatic rings. The second-order valence-electron chi connectivity index (χ2n) is 6.73. The number of amides is 1. The molecule has 172 valence electrons. The summed E-state index contributed by atoms with van der Waals surface area (Å²) >= 11 is 5.13. The van der Waals surface area contributed by atoms with E-state index in [9.17, 15) is 18.0 Å². The maximum atomic E-state index is 12.4. The largest absolute Gasteiger partial charge is 0.493 e. The summed E-state index contributed by atoms with van der Waals surface area (Å²) in [6.45, 7) is 5.17. The summed E-state index contributed by atoms with van der Waals surface area (Å²) in [5.41, 5.74) is 4.67. The number of para-hydroxylation sites is 1. The standard InChI is InChI=1S/C12H16ClNO2.C9H7F3N4/c1-9-4-5-11(10(2)8-9)16-7-3-6-14-12(13)15;10-9(11,12)8-14-6-4-2-1-3-5(6)7(15-8)16-13/h4-5,8H,3,6-7H2,1-2H3,(H,14,15);1-4H,13H2,(H,14,15,16). The summed E-state index contributed by atoms with van der Waals surface area (Å²) in [5, 5.41) is 2.42. The Labute approximate surface area is 188 Å². The number of nitrogens with zero attached hydrogens (tertiary/aromatic N) is 2. The molecular weight excluding hydrogens is 447 g/mol. The summed E-state index contributed by atoms with van der Waals surface area (Å²) in [6.07, 6.45) is -3.85. The van der Waals surface area contributed by atoms with E-state index in [1.807, 2.05) is 26.0 Å². The fourth-order valence-electron chi connectivity index (χ4n) is 2.72. The Kier molecular flexibility index (Phi) is 9.03. The SMILES string of the molecule is Cc1ccc(OCCCNC(=O)Cl)c(C)c1.NNc1nc(C(F)(F)F)nc2ccccc12. The van der Waals surface area contributed by atoms with Crippen LogP contribution in [0.2, 0.25) is 0 Å². The minimum Gasteiger partial charge on any atom is -0.493 e. The Bertz CT molecular complexity index is 1060. The fourth-order valence-corrected chi connectivity index (χ4v) is 2.81. The smallest absolute Gasteiger partial charge is 0.451 e. The minimum absolute atomic E-state index is 0.0436. The van der Waals surface area contributed by atoms with Gasteiger partial charge in [-0.15, -0.1) is 0 Å². The fraction of sp³-hybridized carbons (Fsp3) is 0.286. The third-order valence-corrected chi connectivity index (χ3v) is 4.30. The molecule has 0 aliphatic heterocycles. The first-order valence-corrected chi connectivity index (χ1v) is 9.93. The van der Waals surface area contributed by atoms with Crippen LogP contribution < -0.4 is 21.3 Å². The zero-order chi connectivity index (χ0) is 23.7. The zero-order valence-electron chi connectivity index (χ0n) is 17.5. The van der Waals surface area contributed by atoms with Crippen LogP contribution in [-0.2, 0) is 6.18 Å². The number of benzene rings is 2. The van der Waals surface area contributed by atoms with Crippen LogP contribution in [0.5, 0.6) is 5.75 Å². The summed E-state index contributed by atoms with van der Waals surface area (Å²) in [7, 11) is 0. The number of ether oxygens (including phenoxy) is 1. The number of anilines is 1. The number of aromatic nitrogens is 2. The number of carbonyl (C=O) groups excluding carboxylic acids is 1. The number of carbonyl (C=O) groups is 1. The number of halogens is 4. The third kappa shape index (κ3) is 7.54. The molecule has 0 atom stereocenters. The molecule has 3 aromatic rings. The van der Waals surface area contributed by atoms with Gasteiger partial charge in [0.05, 0.1) is 12.1 Å². The first-order valence-electron chi connectivity index (χ1n) is 9.55. The number of rotatable bonds is 6. The van der Waals surface area contributed by atoms with Crippen LogP contribution in [0, 0.1) is 13.8 Å². The third-order valence-electron chi connectivity index (χ3n) is 4.17. The predicted octanol–water partition coefficient (Wildman–Crippen LogP) is 4.95. The van der Waals surface area contributed by atoms with Gasteiger partial charge in [0, 0.05) is 11.9 Å². The normalized spacial score (nSPS) is 10.8. The number of nitrogens with one attached hydrogen (secondary N) is 2. The van der Waals surface area contributed by atoms with E-state index < -0.39 is 17.4 Å². The number of aryl methyl sites for hydroxylation is 2. The Morgan fingerprint density at radius 1 is 1.16 bits per heavy atom. The lowest BCUT2D eigenvalue weighted by Gasteiger charge is -2.09. The second kappa shape index (κ2) is 11.5. The van der Waals surface area contributed by atoms with Gasteiger partial charge >= 0.3 is 11.5 Å². The molecule has 0 bridgehead atoms. The van der Waals surface area contributed by atoms with Gasteiger partial charge in [0.25, 0.3) is 0 Å². The lowest BCUT2D eigenvalue weighted by Crippen LogP contribution is -2.19. The summed E-state index contributed by atoms with van der Waals surface area (Å²) in [5.74, 6) is 4.76. The second-order valence-corrected chi connectivity index (χ2v) is 7.07. The van der Waals surface area contributed by atoms with Crippen molar-refractivity contribution in [2.45, 2.75) is 26.4 Å². The summed E-state index contributed by atoms with van der Waals surface area (Å²) < 4.78 is 42.9. The van der Waals surface area contributed by atoms with Crippen molar-refractivity contribution in [3.8, 4) is 5.75 Å². The molecule has 0 saturated heterocycles. The molecule has 7 nitrogen and oxygen atoms in total. The van der Waals surface area contributed by atoms with Crippen molar-refractivity contribution >= 4 is 33.7 Å². The first-order chi connectivity index (χ1) is 15.1. The lowest BCUT2D eigenvalue weighted by molar-refractivity contribution is -0.144.